The number of carbonyl (C=O) groups excluding carboxylic acids is 2. The summed E-state index contributed by atoms with van der Waals surface area (Å²) in [6.07, 6.45) is 0.597. The summed E-state index contributed by atoms with van der Waals surface area (Å²) in [5, 5.41) is 3.00. The van der Waals surface area contributed by atoms with Crippen molar-refractivity contribution < 1.29 is 14.3 Å². The Morgan fingerprint density at radius 2 is 2.14 bits per heavy atom. The fraction of sp³-hybridized carbons (Fsp3) is 0.778. The van der Waals surface area contributed by atoms with Gasteiger partial charge in [-0.1, -0.05) is 0 Å². The zero-order valence-corrected chi connectivity index (χ0v) is 8.71. The molecule has 0 bridgehead atoms. The maximum atomic E-state index is 10.9. The summed E-state index contributed by atoms with van der Waals surface area (Å²) < 4.78 is 4.73. The average molecular weight is 202 g/mol. The van der Waals surface area contributed by atoms with Crippen molar-refractivity contribution in [3.63, 3.8) is 0 Å². The third-order valence-electron chi connectivity index (χ3n) is 1.63. The molecular formula is C9H18N2O3. The Bertz CT molecular complexity index is 194. The van der Waals surface area contributed by atoms with E-state index in [-0.39, 0.29) is 24.3 Å². The second-order valence-electron chi connectivity index (χ2n) is 3.08. The van der Waals surface area contributed by atoms with Gasteiger partial charge in [0.15, 0.2) is 0 Å². The van der Waals surface area contributed by atoms with Crippen LogP contribution in [0.3, 0.4) is 0 Å². The maximum Gasteiger partial charge on any atom is 0.307 e. The van der Waals surface area contributed by atoms with Crippen LogP contribution in [0.25, 0.3) is 0 Å². The lowest BCUT2D eigenvalue weighted by Gasteiger charge is -2.10. The van der Waals surface area contributed by atoms with Gasteiger partial charge in [-0.3, -0.25) is 9.59 Å². The number of esters is 1. The quantitative estimate of drug-likeness (QED) is 0.560. The molecule has 5 heteroatoms. The van der Waals surface area contributed by atoms with E-state index in [9.17, 15) is 9.59 Å². The highest BCUT2D eigenvalue weighted by Crippen LogP contribution is 1.90. The van der Waals surface area contributed by atoms with Crippen molar-refractivity contribution in [2.45, 2.75) is 32.7 Å². The van der Waals surface area contributed by atoms with Crippen LogP contribution in [0, 0.1) is 0 Å². The molecule has 0 saturated heterocycles. The Balaban J connectivity index is 3.43. The minimum atomic E-state index is -0.346. The molecule has 5 nitrogen and oxygen atoms in total. The highest BCUT2D eigenvalue weighted by molar-refractivity contribution is 5.74. The maximum absolute atomic E-state index is 10.9. The third-order valence-corrected chi connectivity index (χ3v) is 1.63. The SMILES string of the molecule is CCOC(=O)CCNC(C)CC(N)=O. The summed E-state index contributed by atoms with van der Waals surface area (Å²) in [6.45, 7) is 4.51. The lowest BCUT2D eigenvalue weighted by Crippen LogP contribution is -2.32. The van der Waals surface area contributed by atoms with Gasteiger partial charge in [-0.25, -0.2) is 0 Å². The zero-order chi connectivity index (χ0) is 11.0. The van der Waals surface area contributed by atoms with Gasteiger partial charge in [0, 0.05) is 19.0 Å². The van der Waals surface area contributed by atoms with Gasteiger partial charge in [0.25, 0.3) is 0 Å². The number of hydrogen-bond donors (Lipinski definition) is 2. The number of amides is 1. The van der Waals surface area contributed by atoms with Gasteiger partial charge in [0.2, 0.25) is 5.91 Å². The average Bonchev–Trinajstić information content (AvgIpc) is 2.02. The van der Waals surface area contributed by atoms with Crippen molar-refractivity contribution in [2.24, 2.45) is 5.73 Å². The van der Waals surface area contributed by atoms with E-state index in [1.54, 1.807) is 6.92 Å². The normalized spacial score (nSPS) is 12.1. The largest absolute Gasteiger partial charge is 0.466 e. The van der Waals surface area contributed by atoms with E-state index in [0.717, 1.165) is 0 Å². The Hall–Kier alpha value is -1.10. The molecule has 1 unspecified atom stereocenters. The first kappa shape index (κ1) is 12.9. The fourth-order valence-electron chi connectivity index (χ4n) is 1.03. The molecule has 0 radical (unpaired) electrons. The van der Waals surface area contributed by atoms with E-state index in [1.165, 1.54) is 0 Å². The van der Waals surface area contributed by atoms with Crippen LogP contribution in [0.1, 0.15) is 26.7 Å². The number of nitrogens with one attached hydrogen (secondary N) is 1. The first-order chi connectivity index (χ1) is 6.56. The Kier molecular flexibility index (Phi) is 6.74. The lowest BCUT2D eigenvalue weighted by molar-refractivity contribution is -0.142. The topological polar surface area (TPSA) is 81.4 Å². The zero-order valence-electron chi connectivity index (χ0n) is 8.71. The molecule has 0 aromatic carbocycles. The van der Waals surface area contributed by atoms with E-state index in [4.69, 9.17) is 10.5 Å². The Morgan fingerprint density at radius 1 is 1.50 bits per heavy atom. The van der Waals surface area contributed by atoms with Gasteiger partial charge >= 0.3 is 5.97 Å². The molecule has 14 heavy (non-hydrogen) atoms. The van der Waals surface area contributed by atoms with Crippen LogP contribution in [0.2, 0.25) is 0 Å². The first-order valence-corrected chi connectivity index (χ1v) is 4.73. The first-order valence-electron chi connectivity index (χ1n) is 4.73. The molecule has 82 valence electrons. The number of carbonyl (C=O) groups is 2. The van der Waals surface area contributed by atoms with Crippen molar-refractivity contribution in [1.29, 1.82) is 0 Å². The number of rotatable bonds is 7. The summed E-state index contributed by atoms with van der Waals surface area (Å²) in [7, 11) is 0. The van der Waals surface area contributed by atoms with Crippen LogP contribution >= 0.6 is 0 Å². The molecule has 0 aliphatic rings. The van der Waals surface area contributed by atoms with Crippen molar-refractivity contribution in [2.75, 3.05) is 13.2 Å². The molecule has 1 amide bonds. The third kappa shape index (κ3) is 7.54. The second kappa shape index (κ2) is 7.32. The van der Waals surface area contributed by atoms with Crippen LogP contribution in [-0.2, 0) is 14.3 Å². The highest BCUT2D eigenvalue weighted by Gasteiger charge is 2.06. The van der Waals surface area contributed by atoms with Crippen molar-refractivity contribution in [1.82, 2.24) is 5.32 Å². The minimum Gasteiger partial charge on any atom is -0.466 e. The highest BCUT2D eigenvalue weighted by atomic mass is 16.5. The van der Waals surface area contributed by atoms with Crippen molar-refractivity contribution in [3.8, 4) is 0 Å². The molecule has 0 rings (SSSR count). The molecule has 0 heterocycles. The number of hydrogen-bond acceptors (Lipinski definition) is 4. The van der Waals surface area contributed by atoms with Crippen LogP contribution in [0.5, 0.6) is 0 Å². The molecule has 0 spiro atoms. The summed E-state index contributed by atoms with van der Waals surface area (Å²) in [4.78, 5) is 21.4. The van der Waals surface area contributed by atoms with Crippen LogP contribution in [-0.4, -0.2) is 31.1 Å². The van der Waals surface area contributed by atoms with E-state index in [0.29, 0.717) is 19.6 Å². The van der Waals surface area contributed by atoms with E-state index < -0.39 is 0 Å². The van der Waals surface area contributed by atoms with Gasteiger partial charge in [0.1, 0.15) is 0 Å². The molecule has 0 aliphatic heterocycles. The molecule has 0 fully saturated rings. The molecule has 0 aromatic heterocycles. The van der Waals surface area contributed by atoms with Crippen molar-refractivity contribution >= 4 is 11.9 Å². The summed E-state index contributed by atoms with van der Waals surface area (Å²) in [5.41, 5.74) is 5.00. The second-order valence-corrected chi connectivity index (χ2v) is 3.08. The van der Waals surface area contributed by atoms with Gasteiger partial charge in [-0.2, -0.15) is 0 Å². The van der Waals surface area contributed by atoms with Crippen molar-refractivity contribution in [3.05, 3.63) is 0 Å². The van der Waals surface area contributed by atoms with E-state index in [2.05, 4.69) is 5.32 Å². The smallest absolute Gasteiger partial charge is 0.307 e. The molecular weight excluding hydrogens is 184 g/mol. The number of primary amides is 1. The summed E-state index contributed by atoms with van der Waals surface area (Å²) >= 11 is 0. The Morgan fingerprint density at radius 3 is 2.64 bits per heavy atom. The van der Waals surface area contributed by atoms with Gasteiger partial charge < -0.3 is 15.8 Å². The van der Waals surface area contributed by atoms with E-state index >= 15 is 0 Å². The van der Waals surface area contributed by atoms with E-state index in [1.807, 2.05) is 6.92 Å². The van der Waals surface area contributed by atoms with Gasteiger partial charge in [0.05, 0.1) is 13.0 Å². The summed E-state index contributed by atoms with van der Waals surface area (Å²) in [6, 6.07) is 0.00178. The molecule has 0 saturated carbocycles. The summed E-state index contributed by atoms with van der Waals surface area (Å²) in [5.74, 6) is -0.576. The standard InChI is InChI=1S/C9H18N2O3/c1-3-14-9(13)4-5-11-7(2)6-8(10)12/h7,11H,3-6H2,1-2H3,(H2,10,12). The number of nitrogens with two attached hydrogens (primary N) is 1. The monoisotopic (exact) mass is 202 g/mol. The minimum absolute atomic E-state index is 0.00178. The predicted octanol–water partition coefficient (Wildman–Crippen LogP) is -0.207. The van der Waals surface area contributed by atoms with Crippen LogP contribution < -0.4 is 11.1 Å². The molecule has 1 atom stereocenters. The van der Waals surface area contributed by atoms with Gasteiger partial charge in [-0.05, 0) is 13.8 Å². The number of ether oxygens (including phenoxy) is 1. The fourth-order valence-corrected chi connectivity index (χ4v) is 1.03. The van der Waals surface area contributed by atoms with Crippen LogP contribution in [0.4, 0.5) is 0 Å². The van der Waals surface area contributed by atoms with Crippen LogP contribution in [0.15, 0.2) is 0 Å². The molecule has 0 aliphatic carbocycles. The Labute approximate surface area is 84.0 Å². The molecule has 3 N–H and O–H groups in total. The van der Waals surface area contributed by atoms with Gasteiger partial charge in [-0.15, -0.1) is 0 Å². The molecule has 0 aromatic rings. The predicted molar refractivity (Wildman–Crippen MR) is 52.5 cm³/mol. The lowest BCUT2D eigenvalue weighted by atomic mass is 10.2.